The van der Waals surface area contributed by atoms with Crippen molar-refractivity contribution in [3.05, 3.63) is 83.0 Å². The van der Waals surface area contributed by atoms with Crippen LogP contribution in [0.5, 0.6) is 17.2 Å². The average molecular weight is 421 g/mol. The van der Waals surface area contributed by atoms with Crippen LogP contribution in [0.4, 0.5) is 0 Å². The zero-order chi connectivity index (χ0) is 21.1. The van der Waals surface area contributed by atoms with E-state index >= 15 is 0 Å². The highest BCUT2D eigenvalue weighted by atomic mass is 35.5. The normalized spacial score (nSPS) is 10.8. The summed E-state index contributed by atoms with van der Waals surface area (Å²) >= 11 is 5.91. The number of aromatic hydroxyl groups is 1. The van der Waals surface area contributed by atoms with Crippen molar-refractivity contribution < 1.29 is 14.6 Å². The van der Waals surface area contributed by atoms with E-state index in [1.165, 1.54) is 0 Å². The first-order valence-electron chi connectivity index (χ1n) is 9.45. The molecule has 0 fully saturated rings. The van der Waals surface area contributed by atoms with Gasteiger partial charge in [-0.25, -0.2) is 0 Å². The molecule has 0 bridgehead atoms. The van der Waals surface area contributed by atoms with E-state index in [1.807, 2.05) is 67.6 Å². The second-order valence-corrected chi connectivity index (χ2v) is 7.33. The fraction of sp³-hybridized carbons (Fsp3) is 0.125. The van der Waals surface area contributed by atoms with E-state index in [0.717, 1.165) is 28.1 Å². The molecule has 5 nitrogen and oxygen atoms in total. The van der Waals surface area contributed by atoms with Crippen molar-refractivity contribution in [3.8, 4) is 39.6 Å². The Morgan fingerprint density at radius 2 is 1.67 bits per heavy atom. The number of rotatable bonds is 6. The minimum Gasteiger partial charge on any atom is -0.507 e. The van der Waals surface area contributed by atoms with Gasteiger partial charge >= 0.3 is 0 Å². The fourth-order valence-electron chi connectivity index (χ4n) is 3.28. The summed E-state index contributed by atoms with van der Waals surface area (Å²) in [6.07, 6.45) is 0. The summed E-state index contributed by atoms with van der Waals surface area (Å²) in [5, 5.41) is 18.8. The standard InChI is InChI=1S/C24H21ClN2O3/c1-15-23(17-5-9-19(29-2)10-6-17)24(27-26-15)21-12-11-20(13-22(21)28)30-14-16-3-7-18(25)8-4-16/h3-13,28H,14H2,1-2H3,(H,26,27). The van der Waals surface area contributed by atoms with Crippen LogP contribution < -0.4 is 9.47 Å². The predicted molar refractivity (Wildman–Crippen MR) is 118 cm³/mol. The smallest absolute Gasteiger partial charge is 0.128 e. The third-order valence-corrected chi connectivity index (χ3v) is 5.12. The van der Waals surface area contributed by atoms with E-state index in [4.69, 9.17) is 21.1 Å². The van der Waals surface area contributed by atoms with Crippen molar-refractivity contribution in [2.45, 2.75) is 13.5 Å². The molecule has 0 aliphatic heterocycles. The van der Waals surface area contributed by atoms with Crippen molar-refractivity contribution >= 4 is 11.6 Å². The van der Waals surface area contributed by atoms with E-state index in [0.29, 0.717) is 28.6 Å². The van der Waals surface area contributed by atoms with Crippen LogP contribution in [-0.2, 0) is 6.61 Å². The lowest BCUT2D eigenvalue weighted by Crippen LogP contribution is -1.95. The summed E-state index contributed by atoms with van der Waals surface area (Å²) in [4.78, 5) is 0. The first kappa shape index (κ1) is 19.9. The molecule has 0 amide bonds. The molecule has 0 spiro atoms. The Bertz CT molecular complexity index is 1150. The number of halogens is 1. The molecule has 0 saturated carbocycles. The SMILES string of the molecule is COc1ccc(-c2c(-c3ccc(OCc4ccc(Cl)cc4)cc3O)n[nH]c2C)cc1. The maximum atomic E-state index is 10.7. The van der Waals surface area contributed by atoms with Crippen molar-refractivity contribution in [2.24, 2.45) is 0 Å². The van der Waals surface area contributed by atoms with E-state index < -0.39 is 0 Å². The predicted octanol–water partition coefficient (Wildman–Crippen LogP) is 6.00. The second-order valence-electron chi connectivity index (χ2n) is 6.89. The van der Waals surface area contributed by atoms with E-state index in [2.05, 4.69) is 10.2 Å². The highest BCUT2D eigenvalue weighted by Gasteiger charge is 2.17. The zero-order valence-electron chi connectivity index (χ0n) is 16.6. The highest BCUT2D eigenvalue weighted by Crippen LogP contribution is 2.39. The van der Waals surface area contributed by atoms with Crippen LogP contribution in [0.1, 0.15) is 11.3 Å². The molecule has 1 heterocycles. The van der Waals surface area contributed by atoms with Crippen molar-refractivity contribution in [1.82, 2.24) is 10.2 Å². The van der Waals surface area contributed by atoms with Crippen LogP contribution in [0.25, 0.3) is 22.4 Å². The molecule has 0 aliphatic carbocycles. The Labute approximate surface area is 179 Å². The summed E-state index contributed by atoms with van der Waals surface area (Å²) < 4.78 is 11.0. The number of hydrogen-bond donors (Lipinski definition) is 2. The number of aromatic amines is 1. The van der Waals surface area contributed by atoms with Gasteiger partial charge < -0.3 is 14.6 Å². The first-order valence-corrected chi connectivity index (χ1v) is 9.83. The van der Waals surface area contributed by atoms with Gasteiger partial charge in [0.1, 0.15) is 29.5 Å². The molecule has 0 unspecified atom stereocenters. The number of methoxy groups -OCH3 is 1. The third-order valence-electron chi connectivity index (χ3n) is 4.87. The van der Waals surface area contributed by atoms with Crippen molar-refractivity contribution in [1.29, 1.82) is 0 Å². The van der Waals surface area contributed by atoms with Gasteiger partial charge in [0.15, 0.2) is 0 Å². The van der Waals surface area contributed by atoms with Gasteiger partial charge in [0, 0.05) is 27.9 Å². The van der Waals surface area contributed by atoms with Gasteiger partial charge in [-0.2, -0.15) is 5.10 Å². The summed E-state index contributed by atoms with van der Waals surface area (Å²) in [5.41, 5.74) is 5.14. The molecule has 1 aromatic heterocycles. The number of phenolic OH excluding ortho intramolecular Hbond substituents is 1. The number of aromatic nitrogens is 2. The summed E-state index contributed by atoms with van der Waals surface area (Å²) in [6, 6.07) is 20.5. The summed E-state index contributed by atoms with van der Waals surface area (Å²) in [5.74, 6) is 1.46. The monoisotopic (exact) mass is 420 g/mol. The summed E-state index contributed by atoms with van der Waals surface area (Å²) in [6.45, 7) is 2.34. The quantitative estimate of drug-likeness (QED) is 0.401. The molecular formula is C24H21ClN2O3. The molecule has 2 N–H and O–H groups in total. The molecule has 0 saturated heterocycles. The molecule has 4 rings (SSSR count). The molecule has 4 aromatic rings. The molecule has 3 aromatic carbocycles. The molecule has 0 atom stereocenters. The lowest BCUT2D eigenvalue weighted by Gasteiger charge is -2.10. The fourth-order valence-corrected chi connectivity index (χ4v) is 3.41. The van der Waals surface area contributed by atoms with Gasteiger partial charge in [-0.15, -0.1) is 0 Å². The van der Waals surface area contributed by atoms with Gasteiger partial charge in [0.05, 0.1) is 7.11 Å². The average Bonchev–Trinajstić information content (AvgIpc) is 3.14. The first-order chi connectivity index (χ1) is 14.5. The number of H-pyrrole nitrogens is 1. The Morgan fingerprint density at radius 1 is 0.967 bits per heavy atom. The molecule has 0 radical (unpaired) electrons. The third kappa shape index (κ3) is 4.11. The largest absolute Gasteiger partial charge is 0.507 e. The van der Waals surface area contributed by atoms with Gasteiger partial charge in [-0.05, 0) is 54.4 Å². The zero-order valence-corrected chi connectivity index (χ0v) is 17.4. The van der Waals surface area contributed by atoms with Gasteiger partial charge in [0.25, 0.3) is 0 Å². The van der Waals surface area contributed by atoms with Crippen molar-refractivity contribution in [3.63, 3.8) is 0 Å². The second kappa shape index (κ2) is 8.51. The van der Waals surface area contributed by atoms with Crippen LogP contribution in [0.3, 0.4) is 0 Å². The van der Waals surface area contributed by atoms with Crippen molar-refractivity contribution in [2.75, 3.05) is 7.11 Å². The molecule has 6 heteroatoms. The summed E-state index contributed by atoms with van der Waals surface area (Å²) in [7, 11) is 1.64. The Morgan fingerprint density at radius 3 is 2.33 bits per heavy atom. The van der Waals surface area contributed by atoms with Crippen LogP contribution in [0, 0.1) is 6.92 Å². The van der Waals surface area contributed by atoms with Gasteiger partial charge in [-0.3, -0.25) is 5.10 Å². The lowest BCUT2D eigenvalue weighted by atomic mass is 9.98. The lowest BCUT2D eigenvalue weighted by molar-refractivity contribution is 0.304. The topological polar surface area (TPSA) is 67.4 Å². The van der Waals surface area contributed by atoms with Gasteiger partial charge in [-0.1, -0.05) is 35.9 Å². The number of nitrogens with one attached hydrogen (secondary N) is 1. The van der Waals surface area contributed by atoms with E-state index in [9.17, 15) is 5.11 Å². The van der Waals surface area contributed by atoms with Gasteiger partial charge in [0.2, 0.25) is 0 Å². The molecule has 152 valence electrons. The Balaban J connectivity index is 1.59. The molecular weight excluding hydrogens is 400 g/mol. The van der Waals surface area contributed by atoms with Crippen LogP contribution in [-0.4, -0.2) is 22.4 Å². The Hall–Kier alpha value is -3.44. The van der Waals surface area contributed by atoms with E-state index in [1.54, 1.807) is 13.2 Å². The Kier molecular flexibility index (Phi) is 5.63. The molecule has 30 heavy (non-hydrogen) atoms. The van der Waals surface area contributed by atoms with Crippen LogP contribution in [0.2, 0.25) is 5.02 Å². The number of nitrogens with zero attached hydrogens (tertiary/aromatic N) is 1. The number of phenols is 1. The highest BCUT2D eigenvalue weighted by molar-refractivity contribution is 6.30. The number of ether oxygens (including phenoxy) is 2. The minimum absolute atomic E-state index is 0.102. The van der Waals surface area contributed by atoms with Crippen LogP contribution in [0.15, 0.2) is 66.7 Å². The van der Waals surface area contributed by atoms with Crippen LogP contribution >= 0.6 is 11.6 Å². The number of hydrogen-bond acceptors (Lipinski definition) is 4. The maximum Gasteiger partial charge on any atom is 0.128 e. The maximum absolute atomic E-state index is 10.7. The molecule has 0 aliphatic rings. The van der Waals surface area contributed by atoms with E-state index in [-0.39, 0.29) is 5.75 Å². The minimum atomic E-state index is 0.102. The number of benzene rings is 3. The number of aryl methyl sites for hydroxylation is 1.